The minimum absolute atomic E-state index is 0.0626. The second-order valence-electron chi connectivity index (χ2n) is 5.64. The maximum atomic E-state index is 10.7. The summed E-state index contributed by atoms with van der Waals surface area (Å²) in [6, 6.07) is 6.29. The number of hydrogen-bond donors (Lipinski definition) is 0. The van der Waals surface area contributed by atoms with Gasteiger partial charge < -0.3 is 4.55 Å². The van der Waals surface area contributed by atoms with Crippen molar-refractivity contribution in [3.05, 3.63) is 27.3 Å². The molecule has 0 fully saturated rings. The number of nitrogens with zero attached hydrogens (tertiary/aromatic N) is 1. The number of rotatable bonds is 4. The number of hydrogen-bond acceptors (Lipinski definition) is 3. The molecule has 4 nitrogen and oxygen atoms in total. The maximum absolute atomic E-state index is 10.7. The second-order valence-corrected chi connectivity index (χ2v) is 8.41. The number of benzene rings is 1. The molecule has 0 saturated carbocycles. The number of halogens is 1. The van der Waals surface area contributed by atoms with Crippen LogP contribution in [0.5, 0.6) is 0 Å². The third kappa shape index (κ3) is 3.07. The molecule has 0 aliphatic carbocycles. The highest BCUT2D eigenvalue weighted by Gasteiger charge is 2.42. The zero-order valence-corrected chi connectivity index (χ0v) is 14.8. The van der Waals surface area contributed by atoms with E-state index in [2.05, 4.69) is 60.1 Å². The van der Waals surface area contributed by atoms with Crippen LogP contribution >= 0.6 is 22.6 Å². The van der Waals surface area contributed by atoms with Crippen molar-refractivity contribution in [3.8, 4) is 0 Å². The van der Waals surface area contributed by atoms with E-state index >= 15 is 0 Å². The highest BCUT2D eigenvalue weighted by Crippen LogP contribution is 2.40. The van der Waals surface area contributed by atoms with Crippen molar-refractivity contribution in [2.24, 2.45) is 0 Å². The van der Waals surface area contributed by atoms with Crippen LogP contribution in [0.3, 0.4) is 0 Å². The molecule has 0 unspecified atom stereocenters. The standard InChI is InChI=1S/C14H18INO3S/c1-10-14(2,3)12-9-11(15)5-6-13(12)16(10)7-4-8-20(17,18)19/h5-6,9H,4,7-8H2,1-3H3. The molecule has 0 atom stereocenters. The average molecular weight is 407 g/mol. The fourth-order valence-electron chi connectivity index (χ4n) is 2.64. The van der Waals surface area contributed by atoms with E-state index in [1.165, 1.54) is 14.8 Å². The first kappa shape index (κ1) is 15.9. The van der Waals surface area contributed by atoms with Gasteiger partial charge in [-0.1, -0.05) is 0 Å². The first-order valence-corrected chi connectivity index (χ1v) is 9.14. The molecule has 20 heavy (non-hydrogen) atoms. The van der Waals surface area contributed by atoms with Gasteiger partial charge in [0, 0.05) is 34.3 Å². The second kappa shape index (κ2) is 5.38. The predicted octanol–water partition coefficient (Wildman–Crippen LogP) is 2.62. The van der Waals surface area contributed by atoms with Gasteiger partial charge in [0.05, 0.1) is 15.5 Å². The third-order valence-corrected chi connectivity index (χ3v) is 5.47. The molecule has 0 saturated heterocycles. The van der Waals surface area contributed by atoms with Crippen LogP contribution < -0.4 is 0 Å². The molecule has 0 aromatic heterocycles. The van der Waals surface area contributed by atoms with Crippen LogP contribution in [0.25, 0.3) is 0 Å². The summed E-state index contributed by atoms with van der Waals surface area (Å²) in [4.78, 5) is 0. The molecule has 0 spiro atoms. The molecular weight excluding hydrogens is 389 g/mol. The van der Waals surface area contributed by atoms with Crippen LogP contribution in [0.2, 0.25) is 0 Å². The van der Waals surface area contributed by atoms with E-state index in [0.29, 0.717) is 13.0 Å². The van der Waals surface area contributed by atoms with Crippen molar-refractivity contribution in [1.29, 1.82) is 0 Å². The van der Waals surface area contributed by atoms with Crippen LogP contribution in [0.1, 0.15) is 32.8 Å². The molecular formula is C14H18INO3S. The summed E-state index contributed by atoms with van der Waals surface area (Å²) in [7, 11) is -4.13. The van der Waals surface area contributed by atoms with E-state index in [1.807, 2.05) is 6.07 Å². The van der Waals surface area contributed by atoms with Crippen molar-refractivity contribution in [1.82, 2.24) is 0 Å². The Kier molecular flexibility index (Phi) is 4.28. The minimum Gasteiger partial charge on any atom is -0.748 e. The summed E-state index contributed by atoms with van der Waals surface area (Å²) in [5, 5.41) is 0. The Labute approximate surface area is 133 Å². The van der Waals surface area contributed by atoms with Crippen LogP contribution in [-0.2, 0) is 15.5 Å². The van der Waals surface area contributed by atoms with E-state index in [1.54, 1.807) is 0 Å². The van der Waals surface area contributed by atoms with Crippen molar-refractivity contribution in [2.45, 2.75) is 32.6 Å². The van der Waals surface area contributed by atoms with Gasteiger partial charge in [0.15, 0.2) is 5.71 Å². The van der Waals surface area contributed by atoms with Gasteiger partial charge in [-0.25, -0.2) is 8.42 Å². The molecule has 1 aliphatic rings. The van der Waals surface area contributed by atoms with Gasteiger partial charge in [0.2, 0.25) is 5.69 Å². The van der Waals surface area contributed by atoms with Crippen molar-refractivity contribution in [3.63, 3.8) is 0 Å². The summed E-state index contributed by atoms with van der Waals surface area (Å²) in [5.41, 5.74) is 3.51. The maximum Gasteiger partial charge on any atom is 0.209 e. The molecule has 0 N–H and O–H groups in total. The van der Waals surface area contributed by atoms with Crippen molar-refractivity contribution in [2.75, 3.05) is 12.3 Å². The van der Waals surface area contributed by atoms with Crippen molar-refractivity contribution < 1.29 is 17.5 Å². The molecule has 1 aliphatic heterocycles. The summed E-state index contributed by atoms with van der Waals surface area (Å²) in [5.74, 6) is -0.309. The monoisotopic (exact) mass is 407 g/mol. The summed E-state index contributed by atoms with van der Waals surface area (Å²) in [6.45, 7) is 6.96. The molecule has 0 bridgehead atoms. The van der Waals surface area contributed by atoms with Gasteiger partial charge in [-0.05, 0) is 48.6 Å². The SMILES string of the molecule is CC1=[N+](CCCS(=O)(=O)[O-])c2ccc(I)cc2C1(C)C. The quantitative estimate of drug-likeness (QED) is 0.438. The zero-order chi connectivity index (χ0) is 15.1. The summed E-state index contributed by atoms with van der Waals surface area (Å²) in [6.07, 6.45) is 0.352. The van der Waals surface area contributed by atoms with E-state index in [-0.39, 0.29) is 11.2 Å². The fourth-order valence-corrected chi connectivity index (χ4v) is 3.62. The minimum atomic E-state index is -4.13. The Morgan fingerprint density at radius 2 is 2.00 bits per heavy atom. The summed E-state index contributed by atoms with van der Waals surface area (Å²) >= 11 is 2.29. The Bertz CT molecular complexity index is 678. The van der Waals surface area contributed by atoms with E-state index < -0.39 is 10.1 Å². The normalized spacial score (nSPS) is 17.4. The van der Waals surface area contributed by atoms with E-state index in [0.717, 1.165) is 5.69 Å². The van der Waals surface area contributed by atoms with Gasteiger partial charge in [0.1, 0.15) is 6.54 Å². The van der Waals surface area contributed by atoms with Gasteiger partial charge in [0.25, 0.3) is 0 Å². The Hall–Kier alpha value is -0.470. The fraction of sp³-hybridized carbons (Fsp3) is 0.500. The van der Waals surface area contributed by atoms with Crippen LogP contribution in [0.4, 0.5) is 5.69 Å². The zero-order valence-electron chi connectivity index (χ0n) is 11.8. The van der Waals surface area contributed by atoms with Gasteiger partial charge in [-0.2, -0.15) is 4.58 Å². The third-order valence-electron chi connectivity index (χ3n) is 4.01. The first-order valence-electron chi connectivity index (χ1n) is 6.48. The topological polar surface area (TPSA) is 60.2 Å². The lowest BCUT2D eigenvalue weighted by Crippen LogP contribution is -2.27. The van der Waals surface area contributed by atoms with Crippen molar-refractivity contribution >= 4 is 44.1 Å². The molecule has 2 rings (SSSR count). The lowest BCUT2D eigenvalue weighted by Gasteiger charge is -2.14. The van der Waals surface area contributed by atoms with E-state index in [4.69, 9.17) is 0 Å². The smallest absolute Gasteiger partial charge is 0.209 e. The molecule has 6 heteroatoms. The largest absolute Gasteiger partial charge is 0.748 e. The van der Waals surface area contributed by atoms with E-state index in [9.17, 15) is 13.0 Å². The van der Waals surface area contributed by atoms with Gasteiger partial charge in [-0.3, -0.25) is 0 Å². The summed E-state index contributed by atoms with van der Waals surface area (Å²) < 4.78 is 35.5. The van der Waals surface area contributed by atoms with Crippen LogP contribution in [0.15, 0.2) is 18.2 Å². The predicted molar refractivity (Wildman–Crippen MR) is 86.8 cm³/mol. The highest BCUT2D eigenvalue weighted by atomic mass is 127. The molecule has 0 amide bonds. The van der Waals surface area contributed by atoms with Gasteiger partial charge >= 0.3 is 0 Å². The Balaban J connectivity index is 2.32. The van der Waals surface area contributed by atoms with Crippen LogP contribution in [0, 0.1) is 3.57 Å². The molecule has 0 radical (unpaired) electrons. The molecule has 1 aromatic carbocycles. The Morgan fingerprint density at radius 3 is 2.60 bits per heavy atom. The number of fused-ring (bicyclic) bond motifs is 1. The highest BCUT2D eigenvalue weighted by molar-refractivity contribution is 14.1. The first-order chi connectivity index (χ1) is 9.13. The van der Waals surface area contributed by atoms with Gasteiger partial charge in [-0.15, -0.1) is 0 Å². The lowest BCUT2D eigenvalue weighted by atomic mass is 9.82. The molecule has 1 aromatic rings. The van der Waals surface area contributed by atoms with Crippen LogP contribution in [-0.4, -0.2) is 35.6 Å². The molecule has 1 heterocycles. The Morgan fingerprint density at radius 1 is 1.35 bits per heavy atom. The lowest BCUT2D eigenvalue weighted by molar-refractivity contribution is -0.438. The molecule has 110 valence electrons. The average Bonchev–Trinajstić information content (AvgIpc) is 2.49.